The molecule has 0 spiro atoms. The number of aliphatic hydroxyl groups is 1. The van der Waals surface area contributed by atoms with Gasteiger partial charge in [0, 0.05) is 6.54 Å². The van der Waals surface area contributed by atoms with Gasteiger partial charge in [-0.2, -0.15) is 0 Å². The Morgan fingerprint density at radius 1 is 1.35 bits per heavy atom. The lowest BCUT2D eigenvalue weighted by Gasteiger charge is -2.23. The van der Waals surface area contributed by atoms with Gasteiger partial charge in [-0.05, 0) is 49.9 Å². The van der Waals surface area contributed by atoms with E-state index in [0.717, 1.165) is 36.3 Å². The number of hydrogen-bond acceptors (Lipinski definition) is 3. The molecule has 20 heavy (non-hydrogen) atoms. The molecule has 0 unspecified atom stereocenters. The molecule has 1 aromatic carbocycles. The molecule has 1 aromatic rings. The molecule has 1 N–H and O–H groups in total. The molecule has 2 rings (SSSR count). The number of ether oxygens (including phenoxy) is 1. The summed E-state index contributed by atoms with van der Waals surface area (Å²) in [6.45, 7) is 5.26. The molecule has 4 heteroatoms. The second-order valence-electron chi connectivity index (χ2n) is 5.49. The van der Waals surface area contributed by atoms with Crippen molar-refractivity contribution in [2.24, 2.45) is 0 Å². The Bertz CT molecular complexity index is 453. The highest BCUT2D eigenvalue weighted by Crippen LogP contribution is 2.19. The number of carbonyl (C=O) groups is 1. The molecule has 1 saturated heterocycles. The van der Waals surface area contributed by atoms with Crippen molar-refractivity contribution in [3.05, 3.63) is 29.3 Å². The van der Waals surface area contributed by atoms with Crippen LogP contribution in [0.25, 0.3) is 0 Å². The zero-order valence-electron chi connectivity index (χ0n) is 12.3. The predicted molar refractivity (Wildman–Crippen MR) is 77.8 cm³/mol. The van der Waals surface area contributed by atoms with E-state index in [-0.39, 0.29) is 18.6 Å². The fraction of sp³-hybridized carbons (Fsp3) is 0.562. The first kappa shape index (κ1) is 14.9. The van der Waals surface area contributed by atoms with Gasteiger partial charge in [0.2, 0.25) is 5.91 Å². The maximum Gasteiger partial charge on any atom is 0.226 e. The molecule has 1 heterocycles. The topological polar surface area (TPSA) is 49.8 Å². The molecule has 1 aliphatic heterocycles. The highest BCUT2D eigenvalue weighted by molar-refractivity contribution is 5.77. The average molecular weight is 277 g/mol. The second-order valence-corrected chi connectivity index (χ2v) is 5.49. The number of amides is 1. The number of aryl methyl sites for hydroxylation is 2. The van der Waals surface area contributed by atoms with Crippen LogP contribution < -0.4 is 4.74 Å². The Kier molecular flexibility index (Phi) is 5.01. The lowest BCUT2D eigenvalue weighted by atomic mass is 10.1. The molecule has 0 aliphatic carbocycles. The summed E-state index contributed by atoms with van der Waals surface area (Å²) in [5, 5.41) is 9.22. The van der Waals surface area contributed by atoms with Gasteiger partial charge in [-0.1, -0.05) is 6.07 Å². The van der Waals surface area contributed by atoms with Crippen LogP contribution in [-0.4, -0.2) is 41.7 Å². The standard InChI is InChI=1S/C16H23NO3/c1-12-8-13(2)10-15(9-12)20-7-5-16(19)17-6-3-4-14(17)11-18/h8-10,14,18H,3-7,11H2,1-2H3/t14-/m0/s1. The normalized spacial score (nSPS) is 18.4. The third-order valence-electron chi connectivity index (χ3n) is 3.69. The Hall–Kier alpha value is -1.55. The third-order valence-corrected chi connectivity index (χ3v) is 3.69. The molecular formula is C16H23NO3. The zero-order chi connectivity index (χ0) is 14.5. The summed E-state index contributed by atoms with van der Waals surface area (Å²) < 4.78 is 5.66. The van der Waals surface area contributed by atoms with E-state index >= 15 is 0 Å². The summed E-state index contributed by atoms with van der Waals surface area (Å²) in [6.07, 6.45) is 2.25. The van der Waals surface area contributed by atoms with Gasteiger partial charge in [0.05, 0.1) is 25.7 Å². The number of aliphatic hydroxyl groups excluding tert-OH is 1. The molecule has 1 atom stereocenters. The van der Waals surface area contributed by atoms with Crippen LogP contribution in [0.3, 0.4) is 0 Å². The molecule has 1 amide bonds. The van der Waals surface area contributed by atoms with Gasteiger partial charge in [-0.15, -0.1) is 0 Å². The molecule has 0 bridgehead atoms. The zero-order valence-corrected chi connectivity index (χ0v) is 12.3. The van der Waals surface area contributed by atoms with Gasteiger partial charge < -0.3 is 14.7 Å². The molecule has 1 aliphatic rings. The van der Waals surface area contributed by atoms with Crippen LogP contribution >= 0.6 is 0 Å². The van der Waals surface area contributed by atoms with Crippen molar-refractivity contribution in [1.82, 2.24) is 4.90 Å². The van der Waals surface area contributed by atoms with Gasteiger partial charge in [0.25, 0.3) is 0 Å². The van der Waals surface area contributed by atoms with E-state index in [1.54, 1.807) is 4.90 Å². The number of nitrogens with zero attached hydrogens (tertiary/aromatic N) is 1. The van der Waals surface area contributed by atoms with Gasteiger partial charge in [0.1, 0.15) is 5.75 Å². The third kappa shape index (κ3) is 3.73. The smallest absolute Gasteiger partial charge is 0.226 e. The Balaban J connectivity index is 1.82. The van der Waals surface area contributed by atoms with Crippen molar-refractivity contribution in [3.8, 4) is 5.75 Å². The first-order valence-corrected chi connectivity index (χ1v) is 7.21. The summed E-state index contributed by atoms with van der Waals surface area (Å²) >= 11 is 0. The largest absolute Gasteiger partial charge is 0.493 e. The summed E-state index contributed by atoms with van der Waals surface area (Å²) in [6, 6.07) is 6.05. The summed E-state index contributed by atoms with van der Waals surface area (Å²) in [7, 11) is 0. The van der Waals surface area contributed by atoms with E-state index in [9.17, 15) is 9.90 Å². The molecule has 1 fully saturated rings. The quantitative estimate of drug-likeness (QED) is 0.896. The van der Waals surface area contributed by atoms with Crippen molar-refractivity contribution in [2.75, 3.05) is 19.8 Å². The number of benzene rings is 1. The van der Waals surface area contributed by atoms with Crippen molar-refractivity contribution in [3.63, 3.8) is 0 Å². The van der Waals surface area contributed by atoms with Gasteiger partial charge in [-0.25, -0.2) is 0 Å². The molecule has 0 saturated carbocycles. The van der Waals surface area contributed by atoms with Crippen LogP contribution in [-0.2, 0) is 4.79 Å². The number of likely N-dealkylation sites (tertiary alicyclic amines) is 1. The minimum atomic E-state index is 0.00344. The van der Waals surface area contributed by atoms with Crippen LogP contribution in [0.15, 0.2) is 18.2 Å². The van der Waals surface area contributed by atoms with Crippen LogP contribution in [0.5, 0.6) is 5.75 Å². The lowest BCUT2D eigenvalue weighted by Crippen LogP contribution is -2.38. The van der Waals surface area contributed by atoms with Gasteiger partial charge >= 0.3 is 0 Å². The van der Waals surface area contributed by atoms with Crippen LogP contribution in [0.1, 0.15) is 30.4 Å². The van der Waals surface area contributed by atoms with Crippen LogP contribution in [0, 0.1) is 13.8 Å². The van der Waals surface area contributed by atoms with E-state index in [4.69, 9.17) is 4.74 Å². The molecule has 0 radical (unpaired) electrons. The first-order chi connectivity index (χ1) is 9.60. The molecule has 110 valence electrons. The van der Waals surface area contributed by atoms with Crippen LogP contribution in [0.2, 0.25) is 0 Å². The average Bonchev–Trinajstić information content (AvgIpc) is 2.85. The van der Waals surface area contributed by atoms with Crippen molar-refractivity contribution >= 4 is 5.91 Å². The number of rotatable bonds is 5. The fourth-order valence-corrected chi connectivity index (χ4v) is 2.77. The van der Waals surface area contributed by atoms with Crippen molar-refractivity contribution in [1.29, 1.82) is 0 Å². The maximum absolute atomic E-state index is 12.1. The summed E-state index contributed by atoms with van der Waals surface area (Å²) in [5.74, 6) is 0.890. The van der Waals surface area contributed by atoms with E-state index < -0.39 is 0 Å². The molecule has 4 nitrogen and oxygen atoms in total. The van der Waals surface area contributed by atoms with Gasteiger partial charge in [0.15, 0.2) is 0 Å². The maximum atomic E-state index is 12.1. The van der Waals surface area contributed by atoms with E-state index in [2.05, 4.69) is 6.07 Å². The number of hydrogen-bond donors (Lipinski definition) is 1. The second kappa shape index (κ2) is 6.75. The fourth-order valence-electron chi connectivity index (χ4n) is 2.77. The van der Waals surface area contributed by atoms with Crippen molar-refractivity contribution < 1.29 is 14.6 Å². The summed E-state index contributed by atoms with van der Waals surface area (Å²) in [4.78, 5) is 13.9. The van der Waals surface area contributed by atoms with Crippen molar-refractivity contribution in [2.45, 2.75) is 39.2 Å². The number of carbonyl (C=O) groups excluding carboxylic acids is 1. The van der Waals surface area contributed by atoms with E-state index in [0.29, 0.717) is 13.0 Å². The van der Waals surface area contributed by atoms with E-state index in [1.807, 2.05) is 26.0 Å². The highest BCUT2D eigenvalue weighted by Gasteiger charge is 2.27. The summed E-state index contributed by atoms with van der Waals surface area (Å²) in [5.41, 5.74) is 2.32. The predicted octanol–water partition coefficient (Wildman–Crippen LogP) is 2.06. The lowest BCUT2D eigenvalue weighted by molar-refractivity contribution is -0.133. The van der Waals surface area contributed by atoms with E-state index in [1.165, 1.54) is 0 Å². The monoisotopic (exact) mass is 277 g/mol. The molecular weight excluding hydrogens is 254 g/mol. The Labute approximate surface area is 120 Å². The SMILES string of the molecule is Cc1cc(C)cc(OCCC(=O)N2CCC[C@H]2CO)c1. The Morgan fingerprint density at radius 2 is 2.05 bits per heavy atom. The minimum absolute atomic E-state index is 0.00344. The Morgan fingerprint density at radius 3 is 2.70 bits per heavy atom. The highest BCUT2D eigenvalue weighted by atomic mass is 16.5. The minimum Gasteiger partial charge on any atom is -0.493 e. The van der Waals surface area contributed by atoms with Crippen LogP contribution in [0.4, 0.5) is 0 Å². The van der Waals surface area contributed by atoms with Gasteiger partial charge in [-0.3, -0.25) is 4.79 Å². The molecule has 0 aromatic heterocycles. The first-order valence-electron chi connectivity index (χ1n) is 7.21.